The molecule has 7 rings (SSSR count). The lowest BCUT2D eigenvalue weighted by atomic mass is 9.99. The van der Waals surface area contributed by atoms with Crippen LogP contribution in [0, 0.1) is 0 Å². The van der Waals surface area contributed by atoms with E-state index in [0.717, 1.165) is 11.1 Å². The number of amides is 5. The molecule has 0 saturated carbocycles. The number of aliphatic hydroxyl groups is 2. The van der Waals surface area contributed by atoms with Crippen LogP contribution in [0.3, 0.4) is 0 Å². The van der Waals surface area contributed by atoms with Gasteiger partial charge >= 0.3 is 5.97 Å². The summed E-state index contributed by atoms with van der Waals surface area (Å²) < 4.78 is 0. The van der Waals surface area contributed by atoms with Crippen LogP contribution in [-0.2, 0) is 54.5 Å². The molecule has 0 spiro atoms. The van der Waals surface area contributed by atoms with Crippen LogP contribution in [-0.4, -0.2) is 87.2 Å². The zero-order valence-electron chi connectivity index (χ0n) is 31.6. The number of fused-ring (bicyclic) bond motifs is 18. The molecule has 8 N–H and O–H groups in total. The first kappa shape index (κ1) is 41.9. The Morgan fingerprint density at radius 2 is 1.05 bits per heavy atom. The average molecular weight is 818 g/mol. The number of nitrogens with one attached hydrogen (secondary N) is 5. The average Bonchev–Trinajstić information content (AvgIpc) is 3.76. The topological polar surface area (TPSA) is 223 Å². The Balaban J connectivity index is 1.37. The first-order valence-corrected chi connectivity index (χ1v) is 19.7. The van der Waals surface area contributed by atoms with E-state index in [1.165, 1.54) is 35.6 Å². The number of hydrogen-bond donors (Lipinski definition) is 8. The number of aliphatic carboxylic acids is 1. The Morgan fingerprint density at radius 3 is 1.63 bits per heavy atom. The zero-order valence-corrected chi connectivity index (χ0v) is 32.4. The lowest BCUT2D eigenvalue weighted by Gasteiger charge is -2.27. The molecule has 5 aromatic rings. The van der Waals surface area contributed by atoms with Gasteiger partial charge in [0.15, 0.2) is 12.2 Å². The Hall–Kier alpha value is -6.68. The van der Waals surface area contributed by atoms with Crippen molar-refractivity contribution >= 4 is 52.5 Å². The van der Waals surface area contributed by atoms with Gasteiger partial charge in [-0.1, -0.05) is 103 Å². The number of benzene rings is 4. The van der Waals surface area contributed by atoms with Crippen LogP contribution in [0.15, 0.2) is 127 Å². The third-order valence-electron chi connectivity index (χ3n) is 9.78. The van der Waals surface area contributed by atoms with Crippen LogP contribution in [0.25, 0.3) is 11.1 Å². The van der Waals surface area contributed by atoms with Crippen LogP contribution in [0.5, 0.6) is 0 Å². The van der Waals surface area contributed by atoms with E-state index >= 15 is 0 Å². The molecule has 0 fully saturated rings. The zero-order chi connectivity index (χ0) is 41.9. The summed E-state index contributed by atoms with van der Waals surface area (Å²) in [6, 6.07) is 29.6. The second-order valence-corrected chi connectivity index (χ2v) is 15.1. The molecule has 59 heavy (non-hydrogen) atoms. The van der Waals surface area contributed by atoms with Crippen LogP contribution < -0.4 is 26.6 Å². The van der Waals surface area contributed by atoms with Gasteiger partial charge in [0.2, 0.25) is 17.7 Å². The Morgan fingerprint density at radius 1 is 0.542 bits per heavy atom. The summed E-state index contributed by atoms with van der Waals surface area (Å²) in [5, 5.41) is 46.3. The first-order valence-electron chi connectivity index (χ1n) is 18.8. The molecule has 5 amide bonds. The Bertz CT molecular complexity index is 2240. The van der Waals surface area contributed by atoms with Gasteiger partial charge in [0.05, 0.1) is 0 Å². The van der Waals surface area contributed by atoms with E-state index in [0.29, 0.717) is 21.6 Å². The molecular weight excluding hydrogens is 775 g/mol. The maximum atomic E-state index is 14.4. The number of rotatable bonds is 8. The number of anilines is 1. The SMILES string of the molecule is O=C(O)[C@@H]1Cc2ccc(cc2)NC(=O)[C@H](O)[C@@H](O)C(=O)N[C@@H](Cc2cccs2)C(=O)N[C@H](Cc2ccc(-c3ccccc3)cc2)C(=O)N[C@@H](Cc2ccccc2)C(=O)N1. The molecule has 2 bridgehead atoms. The van der Waals surface area contributed by atoms with Crippen molar-refractivity contribution in [1.82, 2.24) is 21.3 Å². The van der Waals surface area contributed by atoms with E-state index in [9.17, 15) is 44.1 Å². The Kier molecular flexibility index (Phi) is 14.0. The molecule has 4 aromatic carbocycles. The molecule has 0 unspecified atom stereocenters. The molecule has 0 saturated heterocycles. The van der Waals surface area contributed by atoms with E-state index in [1.54, 1.807) is 60.0 Å². The van der Waals surface area contributed by atoms with E-state index < -0.39 is 71.9 Å². The predicted molar refractivity (Wildman–Crippen MR) is 220 cm³/mol. The lowest BCUT2D eigenvalue weighted by molar-refractivity contribution is -0.145. The summed E-state index contributed by atoms with van der Waals surface area (Å²) in [5.41, 5.74) is 3.80. The third kappa shape index (κ3) is 11.5. The number of thiophene rings is 1. The van der Waals surface area contributed by atoms with E-state index in [2.05, 4.69) is 26.6 Å². The third-order valence-corrected chi connectivity index (χ3v) is 10.7. The standard InChI is InChI=1S/C44H43N5O9S/c50-37-38(51)43(56)48-35(25-32-12-7-21-59-32)41(54)47-34(23-27-13-17-30(18-14-27)29-10-5-2-6-11-29)39(52)46-33(22-26-8-3-1-4-9-26)40(53)49-36(44(57)58)24-28-15-19-31(20-16-28)45-42(37)55/h1-21,33-38,50-51H,22-25H2,(H,45,55)(H,46,52)(H,47,54)(H,48,56)(H,49,53)(H,57,58)/t33-,34+,35-,36-,37+,38+/m0/s1. The lowest BCUT2D eigenvalue weighted by Crippen LogP contribution is -2.60. The highest BCUT2D eigenvalue weighted by Crippen LogP contribution is 2.21. The second-order valence-electron chi connectivity index (χ2n) is 14.1. The summed E-state index contributed by atoms with van der Waals surface area (Å²) in [4.78, 5) is 82.0. The molecule has 15 heteroatoms. The van der Waals surface area contributed by atoms with Gasteiger partial charge in [-0.05, 0) is 51.4 Å². The minimum absolute atomic E-state index is 0.0249. The summed E-state index contributed by atoms with van der Waals surface area (Å²) in [7, 11) is 0. The molecule has 14 nitrogen and oxygen atoms in total. The fourth-order valence-electron chi connectivity index (χ4n) is 6.54. The van der Waals surface area contributed by atoms with Gasteiger partial charge in [-0.25, -0.2) is 4.79 Å². The van der Waals surface area contributed by atoms with Gasteiger partial charge in [0, 0.05) is 36.2 Å². The van der Waals surface area contributed by atoms with Gasteiger partial charge < -0.3 is 41.9 Å². The molecule has 0 radical (unpaired) electrons. The molecule has 2 aliphatic rings. The maximum Gasteiger partial charge on any atom is 0.326 e. The number of carbonyl (C=O) groups excluding carboxylic acids is 5. The number of hydrogen-bond acceptors (Lipinski definition) is 9. The number of aliphatic hydroxyl groups excluding tert-OH is 2. The maximum absolute atomic E-state index is 14.4. The van der Waals surface area contributed by atoms with Gasteiger partial charge in [-0.2, -0.15) is 0 Å². The van der Waals surface area contributed by atoms with Crippen molar-refractivity contribution in [3.05, 3.63) is 148 Å². The van der Waals surface area contributed by atoms with E-state index in [1.807, 2.05) is 42.5 Å². The van der Waals surface area contributed by atoms with Crippen molar-refractivity contribution in [2.75, 3.05) is 5.32 Å². The van der Waals surface area contributed by atoms with Crippen molar-refractivity contribution in [3.63, 3.8) is 0 Å². The molecule has 304 valence electrons. The van der Waals surface area contributed by atoms with Gasteiger partial charge in [0.25, 0.3) is 11.8 Å². The van der Waals surface area contributed by atoms with Gasteiger partial charge in [-0.3, -0.25) is 24.0 Å². The Labute approximate surface area is 343 Å². The van der Waals surface area contributed by atoms with E-state index in [4.69, 9.17) is 0 Å². The number of carboxylic acid groups (broad SMARTS) is 1. The van der Waals surface area contributed by atoms with Crippen molar-refractivity contribution < 1.29 is 44.1 Å². The van der Waals surface area contributed by atoms with Crippen molar-refractivity contribution in [1.29, 1.82) is 0 Å². The first-order chi connectivity index (χ1) is 28.4. The van der Waals surface area contributed by atoms with Gasteiger partial charge in [0.1, 0.15) is 24.2 Å². The highest BCUT2D eigenvalue weighted by atomic mass is 32.1. The fourth-order valence-corrected chi connectivity index (χ4v) is 7.30. The summed E-state index contributed by atoms with van der Waals surface area (Å²) in [5.74, 6) is -6.08. The van der Waals surface area contributed by atoms with Crippen LogP contribution in [0.4, 0.5) is 5.69 Å². The summed E-state index contributed by atoms with van der Waals surface area (Å²) in [6.07, 6.45) is -4.89. The van der Waals surface area contributed by atoms with Crippen molar-refractivity contribution in [2.45, 2.75) is 62.1 Å². The largest absolute Gasteiger partial charge is 0.480 e. The van der Waals surface area contributed by atoms with Crippen molar-refractivity contribution in [2.24, 2.45) is 0 Å². The van der Waals surface area contributed by atoms with Crippen LogP contribution >= 0.6 is 11.3 Å². The van der Waals surface area contributed by atoms with Crippen molar-refractivity contribution in [3.8, 4) is 11.1 Å². The summed E-state index contributed by atoms with van der Waals surface area (Å²) in [6.45, 7) is 0. The molecule has 1 aromatic heterocycles. The molecular formula is C44H43N5O9S. The van der Waals surface area contributed by atoms with Gasteiger partial charge in [-0.15, -0.1) is 11.3 Å². The smallest absolute Gasteiger partial charge is 0.326 e. The molecule has 2 aliphatic heterocycles. The minimum Gasteiger partial charge on any atom is -0.480 e. The predicted octanol–water partition coefficient (Wildman–Crippen LogP) is 2.38. The molecule has 0 aliphatic carbocycles. The molecule has 3 heterocycles. The second kappa shape index (κ2) is 19.7. The van der Waals surface area contributed by atoms with Crippen LogP contribution in [0.2, 0.25) is 0 Å². The minimum atomic E-state index is -2.30. The number of carbonyl (C=O) groups is 6. The normalized spacial score (nSPS) is 22.2. The highest BCUT2D eigenvalue weighted by Gasteiger charge is 2.35. The number of carboxylic acids is 1. The fraction of sp³-hybridized carbons (Fsp3) is 0.227. The van der Waals surface area contributed by atoms with Crippen LogP contribution in [0.1, 0.15) is 21.6 Å². The monoisotopic (exact) mass is 817 g/mol. The highest BCUT2D eigenvalue weighted by molar-refractivity contribution is 7.09. The molecule has 6 atom stereocenters. The van der Waals surface area contributed by atoms with E-state index in [-0.39, 0.29) is 31.4 Å². The summed E-state index contributed by atoms with van der Waals surface area (Å²) >= 11 is 1.29. The quantitative estimate of drug-likeness (QED) is 0.108.